The van der Waals surface area contributed by atoms with Crippen molar-refractivity contribution in [3.05, 3.63) is 47.3 Å². The molecule has 0 fully saturated rings. The normalized spacial score (nSPS) is 18.2. The van der Waals surface area contributed by atoms with Gasteiger partial charge in [-0.05, 0) is 24.6 Å². The predicted molar refractivity (Wildman–Crippen MR) is 64.8 cm³/mol. The molecule has 1 aliphatic heterocycles. The summed E-state index contributed by atoms with van der Waals surface area (Å²) in [5.74, 6) is -1.29. The molecular weight excluding hydrogens is 293 g/mol. The van der Waals surface area contributed by atoms with Gasteiger partial charge in [-0.2, -0.15) is 13.2 Å². The van der Waals surface area contributed by atoms with Gasteiger partial charge in [0.15, 0.2) is 5.69 Å². The number of anilines is 1. The van der Waals surface area contributed by atoms with Crippen LogP contribution in [0.25, 0.3) is 0 Å². The first-order valence-electron chi connectivity index (χ1n) is 6.21. The summed E-state index contributed by atoms with van der Waals surface area (Å²) in [5, 5.41) is 2.72. The first-order chi connectivity index (χ1) is 9.86. The number of fused-ring (bicyclic) bond motifs is 1. The topological polar surface area (TPSA) is 29.9 Å². The fourth-order valence-corrected chi connectivity index (χ4v) is 2.43. The van der Waals surface area contributed by atoms with E-state index in [1.54, 1.807) is 0 Å². The first-order valence-corrected chi connectivity index (χ1v) is 6.21. The van der Waals surface area contributed by atoms with Gasteiger partial charge in [0.1, 0.15) is 11.6 Å². The third kappa shape index (κ3) is 2.45. The molecule has 8 heteroatoms. The Bertz CT molecular complexity index is 677. The maximum Gasteiger partial charge on any atom is 0.434 e. The Kier molecular flexibility index (Phi) is 3.11. The number of hydrogen-bond donors (Lipinski definition) is 1. The summed E-state index contributed by atoms with van der Waals surface area (Å²) in [4.78, 5) is 3.46. The molecule has 0 saturated carbocycles. The van der Waals surface area contributed by atoms with Crippen molar-refractivity contribution in [2.75, 3.05) is 11.9 Å². The van der Waals surface area contributed by atoms with E-state index in [9.17, 15) is 22.0 Å². The van der Waals surface area contributed by atoms with E-state index in [4.69, 9.17) is 0 Å². The minimum atomic E-state index is -4.59. The van der Waals surface area contributed by atoms with E-state index < -0.39 is 29.5 Å². The van der Waals surface area contributed by atoms with Gasteiger partial charge in [-0.3, -0.25) is 0 Å². The molecule has 1 atom stereocenters. The van der Waals surface area contributed by atoms with Crippen LogP contribution in [0.3, 0.4) is 0 Å². The van der Waals surface area contributed by atoms with E-state index in [1.807, 2.05) is 0 Å². The fraction of sp³-hybridized carbons (Fsp3) is 0.308. The third-order valence-corrected chi connectivity index (χ3v) is 3.38. The van der Waals surface area contributed by atoms with Crippen molar-refractivity contribution in [2.24, 2.45) is 0 Å². The molecule has 112 valence electrons. The van der Waals surface area contributed by atoms with Crippen LogP contribution in [0.5, 0.6) is 0 Å². The maximum atomic E-state index is 13.8. The van der Waals surface area contributed by atoms with E-state index in [-0.39, 0.29) is 11.5 Å². The van der Waals surface area contributed by atoms with Crippen molar-refractivity contribution in [1.82, 2.24) is 9.55 Å². The Morgan fingerprint density at radius 3 is 2.71 bits per heavy atom. The second-order valence-electron chi connectivity index (χ2n) is 4.75. The summed E-state index contributed by atoms with van der Waals surface area (Å²) in [5.41, 5.74) is -1.04. The summed E-state index contributed by atoms with van der Waals surface area (Å²) in [6.45, 7) is 0.328. The lowest BCUT2D eigenvalue weighted by Gasteiger charge is -2.26. The smallest absolute Gasteiger partial charge is 0.356 e. The van der Waals surface area contributed by atoms with Crippen molar-refractivity contribution in [3.63, 3.8) is 0 Å². The van der Waals surface area contributed by atoms with Crippen LogP contribution in [0.2, 0.25) is 0 Å². The van der Waals surface area contributed by atoms with Crippen molar-refractivity contribution < 1.29 is 22.0 Å². The number of alkyl halides is 3. The molecule has 2 aromatic rings. The van der Waals surface area contributed by atoms with Gasteiger partial charge in [0, 0.05) is 18.3 Å². The van der Waals surface area contributed by atoms with Gasteiger partial charge < -0.3 is 9.88 Å². The average Bonchev–Trinajstić information content (AvgIpc) is 2.85. The number of aromatic nitrogens is 2. The van der Waals surface area contributed by atoms with Gasteiger partial charge in [-0.15, -0.1) is 0 Å². The molecule has 1 N–H and O–H groups in total. The fourth-order valence-electron chi connectivity index (χ4n) is 2.43. The standard InChI is InChI=1S/C13H10F5N3/c14-7-1-2-9(15)8(5-7)10-3-4-19-12-20-11(6-21(10)12)13(16,17)18/h1-2,5-6,10H,3-4H2,(H,19,20). The largest absolute Gasteiger partial charge is 0.434 e. The lowest BCUT2D eigenvalue weighted by Crippen LogP contribution is -2.24. The summed E-state index contributed by atoms with van der Waals surface area (Å²) in [6.07, 6.45) is -3.44. The van der Waals surface area contributed by atoms with Crippen LogP contribution in [0.1, 0.15) is 23.7 Å². The van der Waals surface area contributed by atoms with Crippen LogP contribution in [0.15, 0.2) is 24.4 Å². The van der Waals surface area contributed by atoms with Gasteiger partial charge in [0.2, 0.25) is 5.95 Å². The molecule has 0 spiro atoms. The quantitative estimate of drug-likeness (QED) is 0.816. The molecule has 2 heterocycles. The van der Waals surface area contributed by atoms with Crippen molar-refractivity contribution in [2.45, 2.75) is 18.6 Å². The van der Waals surface area contributed by atoms with Crippen LogP contribution < -0.4 is 5.32 Å². The Labute approximate surface area is 116 Å². The summed E-state index contributed by atoms with van der Waals surface area (Å²) in [6, 6.07) is 2.22. The SMILES string of the molecule is Fc1ccc(F)c(C2CCNc3nc(C(F)(F)F)cn32)c1. The second kappa shape index (κ2) is 4.71. The van der Waals surface area contributed by atoms with E-state index in [2.05, 4.69) is 10.3 Å². The zero-order valence-corrected chi connectivity index (χ0v) is 10.6. The Balaban J connectivity index is 2.08. The lowest BCUT2D eigenvalue weighted by molar-refractivity contribution is -0.140. The highest BCUT2D eigenvalue weighted by Gasteiger charge is 2.37. The summed E-state index contributed by atoms with van der Waals surface area (Å²) >= 11 is 0. The minimum absolute atomic E-state index is 0.00207. The summed E-state index contributed by atoms with van der Waals surface area (Å²) in [7, 11) is 0. The molecule has 1 unspecified atom stereocenters. The molecule has 1 aromatic carbocycles. The molecule has 0 saturated heterocycles. The Hall–Kier alpha value is -2.12. The van der Waals surface area contributed by atoms with Crippen LogP contribution >= 0.6 is 0 Å². The van der Waals surface area contributed by atoms with Gasteiger partial charge in [0.05, 0.1) is 6.04 Å². The van der Waals surface area contributed by atoms with Crippen LogP contribution in [0, 0.1) is 11.6 Å². The van der Waals surface area contributed by atoms with Crippen molar-refractivity contribution >= 4 is 5.95 Å². The van der Waals surface area contributed by atoms with Gasteiger partial charge in [-0.25, -0.2) is 13.8 Å². The zero-order valence-electron chi connectivity index (χ0n) is 10.6. The second-order valence-corrected chi connectivity index (χ2v) is 4.75. The van der Waals surface area contributed by atoms with Crippen LogP contribution in [-0.4, -0.2) is 16.1 Å². The highest BCUT2D eigenvalue weighted by Crippen LogP contribution is 2.36. The maximum absolute atomic E-state index is 13.8. The highest BCUT2D eigenvalue weighted by atomic mass is 19.4. The molecular formula is C13H10F5N3. The van der Waals surface area contributed by atoms with Gasteiger partial charge in [-0.1, -0.05) is 0 Å². The summed E-state index contributed by atoms with van der Waals surface area (Å²) < 4.78 is 66.5. The van der Waals surface area contributed by atoms with E-state index >= 15 is 0 Å². The van der Waals surface area contributed by atoms with Crippen molar-refractivity contribution in [3.8, 4) is 0 Å². The molecule has 0 radical (unpaired) electrons. The van der Waals surface area contributed by atoms with Gasteiger partial charge >= 0.3 is 6.18 Å². The van der Waals surface area contributed by atoms with E-state index in [0.29, 0.717) is 13.0 Å². The molecule has 1 aliphatic rings. The molecule has 21 heavy (non-hydrogen) atoms. The number of hydrogen-bond acceptors (Lipinski definition) is 2. The lowest BCUT2D eigenvalue weighted by atomic mass is 10.0. The van der Waals surface area contributed by atoms with Crippen molar-refractivity contribution in [1.29, 1.82) is 0 Å². The number of halogens is 5. The number of nitrogens with zero attached hydrogens (tertiary/aromatic N) is 2. The Morgan fingerprint density at radius 2 is 2.00 bits per heavy atom. The number of nitrogens with one attached hydrogen (secondary N) is 1. The average molecular weight is 303 g/mol. The molecule has 1 aromatic heterocycles. The Morgan fingerprint density at radius 1 is 1.24 bits per heavy atom. The molecule has 3 rings (SSSR count). The van der Waals surface area contributed by atoms with Crippen LogP contribution in [0.4, 0.5) is 27.9 Å². The number of imidazole rings is 1. The third-order valence-electron chi connectivity index (χ3n) is 3.38. The predicted octanol–water partition coefficient (Wildman–Crippen LogP) is 3.59. The zero-order chi connectivity index (χ0) is 15.2. The number of rotatable bonds is 1. The van der Waals surface area contributed by atoms with Gasteiger partial charge in [0.25, 0.3) is 0 Å². The molecule has 0 amide bonds. The highest BCUT2D eigenvalue weighted by molar-refractivity contribution is 5.37. The van der Waals surface area contributed by atoms with Crippen LogP contribution in [-0.2, 0) is 6.18 Å². The molecule has 3 nitrogen and oxygen atoms in total. The van der Waals surface area contributed by atoms with E-state index in [1.165, 1.54) is 4.57 Å². The first kappa shape index (κ1) is 13.8. The minimum Gasteiger partial charge on any atom is -0.356 e. The molecule has 0 bridgehead atoms. The van der Waals surface area contributed by atoms with E-state index in [0.717, 1.165) is 24.4 Å². The molecule has 0 aliphatic carbocycles. The number of benzene rings is 1. The monoisotopic (exact) mass is 303 g/mol.